The maximum Gasteiger partial charge on any atom is 0.307 e. The smallest absolute Gasteiger partial charge is 0.307 e. The molecule has 3 rings (SSSR count). The van der Waals surface area contributed by atoms with Crippen LogP contribution in [0.2, 0.25) is 0 Å². The van der Waals surface area contributed by atoms with Crippen LogP contribution in [-0.4, -0.2) is 45.4 Å². The number of phenols is 1. The molecule has 172 valence electrons. The summed E-state index contributed by atoms with van der Waals surface area (Å²) in [6.45, 7) is 3.39. The van der Waals surface area contributed by atoms with Crippen molar-refractivity contribution in [2.24, 2.45) is 0 Å². The van der Waals surface area contributed by atoms with E-state index in [1.54, 1.807) is 36.4 Å². The average molecular weight is 443 g/mol. The number of phenolic OH excluding ortho intramolecular Hbond substituents is 1. The molecule has 0 aromatic heterocycles. The second kappa shape index (κ2) is 10.5. The van der Waals surface area contributed by atoms with Crippen molar-refractivity contribution in [1.82, 2.24) is 0 Å². The summed E-state index contributed by atoms with van der Waals surface area (Å²) in [6.07, 6.45) is 1.48. The molecule has 1 fully saturated rings. The molecule has 2 aromatic carbocycles. The molecule has 1 saturated carbocycles. The predicted molar refractivity (Wildman–Crippen MR) is 119 cm³/mol. The van der Waals surface area contributed by atoms with Gasteiger partial charge in [-0.3, -0.25) is 9.59 Å². The number of carboxylic acids is 1. The van der Waals surface area contributed by atoms with Crippen LogP contribution in [-0.2, 0) is 17.6 Å². The lowest BCUT2D eigenvalue weighted by molar-refractivity contribution is -0.136. The zero-order chi connectivity index (χ0) is 23.3. The van der Waals surface area contributed by atoms with Crippen LogP contribution in [0.25, 0.3) is 0 Å². The van der Waals surface area contributed by atoms with Crippen LogP contribution in [0, 0.1) is 0 Å². The summed E-state index contributed by atoms with van der Waals surface area (Å²) in [5.74, 6) is -0.148. The molecule has 2 aromatic rings. The molecule has 3 unspecified atom stereocenters. The first-order chi connectivity index (χ1) is 15.3. The number of hydrogen-bond donors (Lipinski definition) is 3. The summed E-state index contributed by atoms with van der Waals surface area (Å²) >= 11 is 0. The van der Waals surface area contributed by atoms with Gasteiger partial charge in [-0.2, -0.15) is 0 Å². The Morgan fingerprint density at radius 1 is 1.03 bits per heavy atom. The lowest BCUT2D eigenvalue weighted by Gasteiger charge is -2.35. The van der Waals surface area contributed by atoms with Crippen LogP contribution in [0.5, 0.6) is 17.2 Å². The minimum absolute atomic E-state index is 0.0579. The molecule has 0 bridgehead atoms. The van der Waals surface area contributed by atoms with E-state index < -0.39 is 24.3 Å². The van der Waals surface area contributed by atoms with Crippen LogP contribution in [0.1, 0.15) is 61.0 Å². The number of benzene rings is 2. The van der Waals surface area contributed by atoms with Gasteiger partial charge in [-0.25, -0.2) is 0 Å². The van der Waals surface area contributed by atoms with Gasteiger partial charge in [0, 0.05) is 5.56 Å². The standard InChI is InChI=1S/C25H30O7/c1-3-5-19-20(13-12-18(15(2)26)24(19)29)32-22-7-4-6-21(25(22)30)31-17-10-8-16(9-11-17)14-23(27)28/h8-13,21-22,25,29-30H,3-7,14H2,1-2H3,(H,27,28). The first-order valence-corrected chi connectivity index (χ1v) is 11.0. The summed E-state index contributed by atoms with van der Waals surface area (Å²) in [6, 6.07) is 10.0. The molecular formula is C25H30O7. The zero-order valence-electron chi connectivity index (χ0n) is 18.4. The highest BCUT2D eigenvalue weighted by atomic mass is 16.5. The van der Waals surface area contributed by atoms with Gasteiger partial charge in [0.25, 0.3) is 0 Å². The van der Waals surface area contributed by atoms with Crippen molar-refractivity contribution in [1.29, 1.82) is 0 Å². The third-order valence-electron chi connectivity index (χ3n) is 5.70. The Balaban J connectivity index is 1.72. The largest absolute Gasteiger partial charge is 0.507 e. The summed E-state index contributed by atoms with van der Waals surface area (Å²) in [4.78, 5) is 22.6. The van der Waals surface area contributed by atoms with Crippen molar-refractivity contribution < 1.29 is 34.4 Å². The van der Waals surface area contributed by atoms with Gasteiger partial charge in [0.05, 0.1) is 12.0 Å². The number of carbonyl (C=O) groups excluding carboxylic acids is 1. The van der Waals surface area contributed by atoms with Crippen LogP contribution in [0.3, 0.4) is 0 Å². The number of hydrogen-bond acceptors (Lipinski definition) is 6. The second-order valence-electron chi connectivity index (χ2n) is 8.19. The van der Waals surface area contributed by atoms with E-state index in [-0.39, 0.29) is 23.5 Å². The lowest BCUT2D eigenvalue weighted by atomic mass is 9.91. The molecule has 32 heavy (non-hydrogen) atoms. The van der Waals surface area contributed by atoms with Gasteiger partial charge in [0.2, 0.25) is 0 Å². The highest BCUT2D eigenvalue weighted by Crippen LogP contribution is 2.35. The number of aromatic hydroxyl groups is 1. The molecule has 0 heterocycles. The fourth-order valence-corrected chi connectivity index (χ4v) is 4.06. The van der Waals surface area contributed by atoms with Gasteiger partial charge in [-0.05, 0) is 62.4 Å². The van der Waals surface area contributed by atoms with Crippen LogP contribution in [0.15, 0.2) is 36.4 Å². The van der Waals surface area contributed by atoms with Gasteiger partial charge >= 0.3 is 5.97 Å². The number of ketones is 1. The quantitative estimate of drug-likeness (QED) is 0.505. The van der Waals surface area contributed by atoms with E-state index in [9.17, 15) is 19.8 Å². The Morgan fingerprint density at radius 2 is 1.69 bits per heavy atom. The SMILES string of the molecule is CCCc1c(OC2CCCC(Oc3ccc(CC(=O)O)cc3)C2O)ccc(C(C)=O)c1O. The highest BCUT2D eigenvalue weighted by Gasteiger charge is 2.35. The van der Waals surface area contributed by atoms with Crippen molar-refractivity contribution in [3.8, 4) is 17.2 Å². The van der Waals surface area contributed by atoms with Crippen molar-refractivity contribution in [2.75, 3.05) is 0 Å². The molecule has 1 aliphatic carbocycles. The van der Waals surface area contributed by atoms with Crippen molar-refractivity contribution in [3.05, 3.63) is 53.1 Å². The molecule has 0 saturated heterocycles. The third-order valence-corrected chi connectivity index (χ3v) is 5.70. The van der Waals surface area contributed by atoms with Gasteiger partial charge in [-0.15, -0.1) is 0 Å². The highest BCUT2D eigenvalue weighted by molar-refractivity contribution is 5.97. The Bertz CT molecular complexity index is 952. The summed E-state index contributed by atoms with van der Waals surface area (Å²) in [7, 11) is 0. The third kappa shape index (κ3) is 5.59. The molecule has 0 spiro atoms. The monoisotopic (exact) mass is 442 g/mol. The average Bonchev–Trinajstić information content (AvgIpc) is 2.74. The number of aliphatic carboxylic acids is 1. The minimum atomic E-state index is -0.897. The molecular weight excluding hydrogens is 412 g/mol. The number of rotatable bonds is 9. The molecule has 3 N–H and O–H groups in total. The minimum Gasteiger partial charge on any atom is -0.507 e. The Hall–Kier alpha value is -3.06. The molecule has 7 nitrogen and oxygen atoms in total. The van der Waals surface area contributed by atoms with Crippen LogP contribution >= 0.6 is 0 Å². The summed E-state index contributed by atoms with van der Waals surface area (Å²) < 4.78 is 12.1. The van der Waals surface area contributed by atoms with Crippen molar-refractivity contribution in [3.63, 3.8) is 0 Å². The number of carboxylic acid groups (broad SMARTS) is 1. The lowest BCUT2D eigenvalue weighted by Crippen LogP contribution is -2.47. The van der Waals surface area contributed by atoms with E-state index in [0.717, 1.165) is 12.8 Å². The van der Waals surface area contributed by atoms with Crippen molar-refractivity contribution >= 4 is 11.8 Å². The first-order valence-electron chi connectivity index (χ1n) is 11.0. The van der Waals surface area contributed by atoms with Gasteiger partial charge < -0.3 is 24.8 Å². The van der Waals surface area contributed by atoms with E-state index >= 15 is 0 Å². The number of aliphatic hydroxyl groups excluding tert-OH is 1. The van der Waals surface area contributed by atoms with Crippen LogP contribution in [0.4, 0.5) is 0 Å². The van der Waals surface area contributed by atoms with Gasteiger partial charge in [0.1, 0.15) is 35.6 Å². The topological polar surface area (TPSA) is 113 Å². The fraction of sp³-hybridized carbons (Fsp3) is 0.440. The molecule has 0 aliphatic heterocycles. The van der Waals surface area contributed by atoms with Gasteiger partial charge in [-0.1, -0.05) is 25.5 Å². The normalized spacial score (nSPS) is 20.5. The van der Waals surface area contributed by atoms with E-state index in [1.165, 1.54) is 6.92 Å². The summed E-state index contributed by atoms with van der Waals surface area (Å²) in [5, 5.41) is 30.4. The van der Waals surface area contributed by atoms with Crippen LogP contribution < -0.4 is 9.47 Å². The maximum absolute atomic E-state index is 11.8. The Kier molecular flexibility index (Phi) is 7.75. The van der Waals surface area contributed by atoms with Crippen molar-refractivity contribution in [2.45, 2.75) is 70.7 Å². The predicted octanol–water partition coefficient (Wildman–Crippen LogP) is 3.91. The van der Waals surface area contributed by atoms with E-state index in [2.05, 4.69) is 0 Å². The number of ether oxygens (including phenoxy) is 2. The maximum atomic E-state index is 11.8. The first kappa shape index (κ1) is 23.6. The number of Topliss-reactive ketones (excluding diaryl/α,β-unsaturated/α-hetero) is 1. The van der Waals surface area contributed by atoms with E-state index in [1.807, 2.05) is 6.92 Å². The number of carbonyl (C=O) groups is 2. The van der Waals surface area contributed by atoms with Gasteiger partial charge in [0.15, 0.2) is 5.78 Å². The Labute approximate surface area is 187 Å². The zero-order valence-corrected chi connectivity index (χ0v) is 18.4. The summed E-state index contributed by atoms with van der Waals surface area (Å²) in [5.41, 5.74) is 1.51. The Morgan fingerprint density at radius 3 is 2.28 bits per heavy atom. The molecule has 3 atom stereocenters. The fourth-order valence-electron chi connectivity index (χ4n) is 4.06. The molecule has 7 heteroatoms. The second-order valence-corrected chi connectivity index (χ2v) is 8.19. The number of aliphatic hydroxyl groups is 1. The molecule has 0 radical (unpaired) electrons. The molecule has 0 amide bonds. The van der Waals surface area contributed by atoms with E-state index in [4.69, 9.17) is 14.6 Å². The molecule has 1 aliphatic rings. The van der Waals surface area contributed by atoms with E-state index in [0.29, 0.717) is 41.9 Å².